The third-order valence-corrected chi connectivity index (χ3v) is 10.3. The molecule has 1 fully saturated rings. The van der Waals surface area contributed by atoms with Crippen LogP contribution in [0.2, 0.25) is 0 Å². The number of rotatable bonds is 35. The van der Waals surface area contributed by atoms with Gasteiger partial charge in [-0.2, -0.15) is 8.42 Å². The highest BCUT2D eigenvalue weighted by atomic mass is 32.2. The van der Waals surface area contributed by atoms with Crippen LogP contribution in [0.5, 0.6) is 0 Å². The minimum absolute atomic E-state index is 0.130. The quantitative estimate of drug-likeness (QED) is 0.0207. The van der Waals surface area contributed by atoms with E-state index in [1.807, 2.05) is 12.2 Å². The minimum atomic E-state index is -4.61. The Hall–Kier alpha value is -2.65. The molecule has 0 aromatic carbocycles. The normalized spacial score (nSPS) is 21.0. The van der Waals surface area contributed by atoms with E-state index in [0.717, 1.165) is 51.4 Å². The number of carbonyl (C=O) groups excluding carboxylic acids is 2. The number of carbonyl (C=O) groups is 2. The van der Waals surface area contributed by atoms with Gasteiger partial charge in [0.1, 0.15) is 36.8 Å². The summed E-state index contributed by atoms with van der Waals surface area (Å²) >= 11 is 0. The van der Waals surface area contributed by atoms with Gasteiger partial charge in [-0.15, -0.1) is 0 Å². The Morgan fingerprint density at radius 2 is 1.05 bits per heavy atom. The molecule has 0 bridgehead atoms. The molecule has 12 nitrogen and oxygen atoms in total. The Balaban J connectivity index is 2.52. The van der Waals surface area contributed by atoms with Crippen LogP contribution in [0.25, 0.3) is 0 Å². The van der Waals surface area contributed by atoms with Crippen LogP contribution in [-0.2, 0) is 38.7 Å². The van der Waals surface area contributed by atoms with Crippen LogP contribution < -0.4 is 0 Å². The highest BCUT2D eigenvalue weighted by Gasteiger charge is 2.46. The maximum Gasteiger partial charge on any atom is 0.306 e. The van der Waals surface area contributed by atoms with Crippen molar-refractivity contribution in [2.75, 3.05) is 19.0 Å². The molecular formula is C45H76O12S. The van der Waals surface area contributed by atoms with E-state index >= 15 is 0 Å². The van der Waals surface area contributed by atoms with Gasteiger partial charge in [0.2, 0.25) is 0 Å². The fourth-order valence-corrected chi connectivity index (χ4v) is 6.82. The molecule has 0 aliphatic carbocycles. The smallest absolute Gasteiger partial charge is 0.306 e. The van der Waals surface area contributed by atoms with Crippen molar-refractivity contribution in [3.05, 3.63) is 60.8 Å². The van der Waals surface area contributed by atoms with Crippen molar-refractivity contribution >= 4 is 22.1 Å². The predicted molar refractivity (Wildman–Crippen MR) is 229 cm³/mol. The molecule has 6 atom stereocenters. The van der Waals surface area contributed by atoms with Crippen molar-refractivity contribution < 1.29 is 56.8 Å². The molecule has 1 aliphatic heterocycles. The van der Waals surface area contributed by atoms with Crippen LogP contribution in [0.1, 0.15) is 155 Å². The molecule has 1 aliphatic rings. The van der Waals surface area contributed by atoms with Crippen molar-refractivity contribution in [1.29, 1.82) is 0 Å². The number of esters is 2. The van der Waals surface area contributed by atoms with Gasteiger partial charge >= 0.3 is 11.9 Å². The fourth-order valence-electron chi connectivity index (χ4n) is 6.13. The monoisotopic (exact) mass is 841 g/mol. The van der Waals surface area contributed by atoms with E-state index in [2.05, 4.69) is 62.5 Å². The molecule has 13 heteroatoms. The maximum absolute atomic E-state index is 12.8. The molecule has 0 aromatic rings. The Bertz CT molecular complexity index is 1310. The lowest BCUT2D eigenvalue weighted by molar-refractivity contribution is -0.297. The van der Waals surface area contributed by atoms with Crippen molar-refractivity contribution in [2.24, 2.45) is 0 Å². The molecule has 0 spiro atoms. The standard InChI is InChI=1S/C45H76O12S/c1-3-5-7-9-11-13-15-17-18-19-20-22-23-25-27-29-31-33-40(46)54-35-38(36-55-45-44(50)43(49)42(48)39(57-45)37-58(51,52)53)56-41(47)34-32-30-28-26-24-21-16-14-12-10-8-6-4-2/h11,13,17-18,20-22,24-25,27,38-39,42-45,48-50H,3-10,12,14-16,19,23,26,28-37H2,1-2H3,(H,51,52,53)/b13-11+,18-17+,22-20+,24-21+,27-25+/t38-,39-,42-,43?,44?,45+/m1/s1. The van der Waals surface area contributed by atoms with Crippen LogP contribution in [0.4, 0.5) is 0 Å². The van der Waals surface area contributed by atoms with Gasteiger partial charge in [-0.05, 0) is 77.0 Å². The number of allylic oxidation sites excluding steroid dienone is 10. The predicted octanol–water partition coefficient (Wildman–Crippen LogP) is 8.56. The van der Waals surface area contributed by atoms with E-state index in [1.54, 1.807) is 0 Å². The highest BCUT2D eigenvalue weighted by molar-refractivity contribution is 7.85. The molecule has 1 rings (SSSR count). The SMILES string of the molecule is CCCCC/C=C/C/C=C/C/C=C/C/C=C/CCCC(=O)OC[C@H](CO[C@H]1O[C@H](CS(=O)(=O)O)[C@@H](O)C(O)C1O)OC(=O)CCCCC/C=C/CCCCCCCC. The van der Waals surface area contributed by atoms with Gasteiger partial charge in [0, 0.05) is 12.8 Å². The largest absolute Gasteiger partial charge is 0.462 e. The second-order valence-electron chi connectivity index (χ2n) is 15.0. The molecule has 0 saturated carbocycles. The lowest BCUT2D eigenvalue weighted by atomic mass is 10.00. The van der Waals surface area contributed by atoms with Crippen molar-refractivity contribution in [1.82, 2.24) is 0 Å². The molecule has 1 saturated heterocycles. The Kier molecular flexibility index (Phi) is 32.3. The molecular weight excluding hydrogens is 765 g/mol. The number of aliphatic hydroxyl groups excluding tert-OH is 3. The number of hydrogen-bond acceptors (Lipinski definition) is 11. The van der Waals surface area contributed by atoms with E-state index < -0.39 is 71.2 Å². The van der Waals surface area contributed by atoms with Crippen LogP contribution in [0.3, 0.4) is 0 Å². The maximum atomic E-state index is 12.8. The zero-order valence-corrected chi connectivity index (χ0v) is 36.2. The number of ether oxygens (including phenoxy) is 4. The van der Waals surface area contributed by atoms with Gasteiger partial charge in [-0.25, -0.2) is 0 Å². The highest BCUT2D eigenvalue weighted by Crippen LogP contribution is 2.24. The lowest BCUT2D eigenvalue weighted by Crippen LogP contribution is -2.60. The summed E-state index contributed by atoms with van der Waals surface area (Å²) in [7, 11) is -4.61. The molecule has 0 aromatic heterocycles. The van der Waals surface area contributed by atoms with Gasteiger partial charge < -0.3 is 34.3 Å². The zero-order chi connectivity index (χ0) is 42.7. The first-order valence-corrected chi connectivity index (χ1v) is 23.5. The third-order valence-electron chi connectivity index (χ3n) is 9.57. The molecule has 58 heavy (non-hydrogen) atoms. The second-order valence-corrected chi connectivity index (χ2v) is 16.5. The Labute approximate surface area is 349 Å². The molecule has 4 N–H and O–H groups in total. The molecule has 0 radical (unpaired) electrons. The first-order valence-electron chi connectivity index (χ1n) is 21.8. The van der Waals surface area contributed by atoms with Crippen molar-refractivity contribution in [3.8, 4) is 0 Å². The Morgan fingerprint density at radius 1 is 0.586 bits per heavy atom. The molecule has 1 heterocycles. The summed E-state index contributed by atoms with van der Waals surface area (Å²) in [6.07, 6.45) is 32.8. The van der Waals surface area contributed by atoms with E-state index in [4.69, 9.17) is 18.9 Å². The first kappa shape index (κ1) is 53.4. The first-order chi connectivity index (χ1) is 28.0. The Morgan fingerprint density at radius 3 is 1.64 bits per heavy atom. The summed E-state index contributed by atoms with van der Waals surface area (Å²) in [4.78, 5) is 25.3. The van der Waals surface area contributed by atoms with Gasteiger partial charge in [0.25, 0.3) is 10.1 Å². The number of aliphatic hydroxyl groups is 3. The summed E-state index contributed by atoms with van der Waals surface area (Å²) in [6, 6.07) is 0. The lowest BCUT2D eigenvalue weighted by Gasteiger charge is -2.40. The van der Waals surface area contributed by atoms with E-state index in [0.29, 0.717) is 19.3 Å². The van der Waals surface area contributed by atoms with Crippen LogP contribution >= 0.6 is 0 Å². The van der Waals surface area contributed by atoms with Crippen molar-refractivity contribution in [3.63, 3.8) is 0 Å². The summed E-state index contributed by atoms with van der Waals surface area (Å²) in [5.74, 6) is -2.08. The molecule has 334 valence electrons. The number of hydrogen-bond donors (Lipinski definition) is 4. The van der Waals surface area contributed by atoms with E-state index in [1.165, 1.54) is 57.8 Å². The van der Waals surface area contributed by atoms with Crippen molar-refractivity contribution in [2.45, 2.75) is 192 Å². The zero-order valence-electron chi connectivity index (χ0n) is 35.4. The second kappa shape index (κ2) is 35.1. The van der Waals surface area contributed by atoms with Crippen LogP contribution in [-0.4, -0.2) is 96.0 Å². The molecule has 0 amide bonds. The van der Waals surface area contributed by atoms with Gasteiger partial charge in [0.15, 0.2) is 12.4 Å². The van der Waals surface area contributed by atoms with Gasteiger partial charge in [-0.1, -0.05) is 126 Å². The summed E-state index contributed by atoms with van der Waals surface area (Å²) in [5, 5.41) is 30.8. The number of unbranched alkanes of at least 4 members (excludes halogenated alkanes) is 13. The minimum Gasteiger partial charge on any atom is -0.462 e. The third kappa shape index (κ3) is 29.5. The van der Waals surface area contributed by atoms with Gasteiger partial charge in [-0.3, -0.25) is 14.1 Å². The van der Waals surface area contributed by atoms with Crippen LogP contribution in [0, 0.1) is 0 Å². The average Bonchev–Trinajstić information content (AvgIpc) is 3.18. The summed E-state index contributed by atoms with van der Waals surface area (Å²) < 4.78 is 53.9. The van der Waals surface area contributed by atoms with E-state index in [9.17, 15) is 37.9 Å². The van der Waals surface area contributed by atoms with E-state index in [-0.39, 0.29) is 19.4 Å². The molecule has 2 unspecified atom stereocenters. The fraction of sp³-hybridized carbons (Fsp3) is 0.733. The average molecular weight is 841 g/mol. The summed E-state index contributed by atoms with van der Waals surface area (Å²) in [5.41, 5.74) is 0. The topological polar surface area (TPSA) is 186 Å². The van der Waals surface area contributed by atoms with Crippen LogP contribution in [0.15, 0.2) is 60.8 Å². The van der Waals surface area contributed by atoms with Gasteiger partial charge in [0.05, 0.1) is 6.61 Å². The summed E-state index contributed by atoms with van der Waals surface area (Å²) in [6.45, 7) is 3.64.